The van der Waals surface area contributed by atoms with Crippen LogP contribution in [0.15, 0.2) is 22.1 Å². The standard InChI is InChI=1S/C8H10N6O2/c15-7-6(13-14-8(16)12-7)10-2-1-5-3-9-4-11-5/h3-4H,1-2H2,(H,9,11)(H,10,13)(H2,12,14,15,16). The number of aromatic amines is 3. The van der Waals surface area contributed by atoms with Gasteiger partial charge in [0, 0.05) is 24.9 Å². The highest BCUT2D eigenvalue weighted by Gasteiger charge is 2.01. The van der Waals surface area contributed by atoms with E-state index < -0.39 is 11.2 Å². The smallest absolute Gasteiger partial charge is 0.342 e. The lowest BCUT2D eigenvalue weighted by molar-refractivity contribution is 0.872. The number of hydrogen-bond acceptors (Lipinski definition) is 5. The maximum atomic E-state index is 11.2. The molecule has 8 nitrogen and oxygen atoms in total. The van der Waals surface area contributed by atoms with Crippen LogP contribution in [0.25, 0.3) is 0 Å². The first-order chi connectivity index (χ1) is 7.75. The average Bonchev–Trinajstić information content (AvgIpc) is 2.74. The van der Waals surface area contributed by atoms with Crippen LogP contribution in [0.5, 0.6) is 0 Å². The van der Waals surface area contributed by atoms with Crippen LogP contribution in [0.2, 0.25) is 0 Å². The third-order valence-electron chi connectivity index (χ3n) is 1.95. The summed E-state index contributed by atoms with van der Waals surface area (Å²) in [6.45, 7) is 0.518. The Balaban J connectivity index is 1.95. The molecule has 0 amide bonds. The van der Waals surface area contributed by atoms with Gasteiger partial charge in [0.15, 0.2) is 0 Å². The van der Waals surface area contributed by atoms with Crippen LogP contribution in [-0.2, 0) is 6.42 Å². The molecule has 0 bridgehead atoms. The van der Waals surface area contributed by atoms with E-state index in [0.29, 0.717) is 13.0 Å². The van der Waals surface area contributed by atoms with Gasteiger partial charge in [-0.1, -0.05) is 0 Å². The van der Waals surface area contributed by atoms with Gasteiger partial charge in [0.25, 0.3) is 5.56 Å². The Kier molecular flexibility index (Phi) is 2.81. The summed E-state index contributed by atoms with van der Waals surface area (Å²) >= 11 is 0. The Morgan fingerprint density at radius 1 is 1.38 bits per heavy atom. The van der Waals surface area contributed by atoms with Crippen LogP contribution in [0.1, 0.15) is 5.69 Å². The second kappa shape index (κ2) is 4.43. The zero-order valence-electron chi connectivity index (χ0n) is 8.28. The van der Waals surface area contributed by atoms with Crippen molar-refractivity contribution < 1.29 is 0 Å². The van der Waals surface area contributed by atoms with Crippen LogP contribution in [0.4, 0.5) is 5.82 Å². The molecular formula is C8H10N6O2. The number of aromatic nitrogens is 5. The van der Waals surface area contributed by atoms with Crippen molar-refractivity contribution in [2.24, 2.45) is 0 Å². The summed E-state index contributed by atoms with van der Waals surface area (Å²) < 4.78 is 0. The highest BCUT2D eigenvalue weighted by atomic mass is 16.2. The molecule has 16 heavy (non-hydrogen) atoms. The minimum absolute atomic E-state index is 0.0964. The lowest BCUT2D eigenvalue weighted by Gasteiger charge is -2.01. The van der Waals surface area contributed by atoms with Crippen LogP contribution in [0.3, 0.4) is 0 Å². The fraction of sp³-hybridized carbons (Fsp3) is 0.250. The summed E-state index contributed by atoms with van der Waals surface area (Å²) in [6.07, 6.45) is 3.97. The van der Waals surface area contributed by atoms with Gasteiger partial charge in [-0.25, -0.2) is 14.9 Å². The van der Waals surface area contributed by atoms with Crippen molar-refractivity contribution in [1.82, 2.24) is 25.1 Å². The number of H-pyrrole nitrogens is 3. The van der Waals surface area contributed by atoms with Crippen molar-refractivity contribution >= 4 is 5.82 Å². The number of nitrogens with one attached hydrogen (secondary N) is 4. The molecule has 0 saturated carbocycles. The first-order valence-corrected chi connectivity index (χ1v) is 4.66. The van der Waals surface area contributed by atoms with E-state index >= 15 is 0 Å². The van der Waals surface area contributed by atoms with Gasteiger partial charge >= 0.3 is 5.69 Å². The van der Waals surface area contributed by atoms with Crippen molar-refractivity contribution in [2.45, 2.75) is 6.42 Å². The molecule has 0 fully saturated rings. The van der Waals surface area contributed by atoms with Gasteiger partial charge in [-0.05, 0) is 0 Å². The molecular weight excluding hydrogens is 212 g/mol. The minimum atomic E-state index is -0.621. The molecule has 0 unspecified atom stereocenters. The van der Waals surface area contributed by atoms with Gasteiger partial charge in [-0.2, -0.15) is 0 Å². The summed E-state index contributed by atoms with van der Waals surface area (Å²) in [7, 11) is 0. The Labute approximate surface area is 89.1 Å². The van der Waals surface area contributed by atoms with Gasteiger partial charge in [0.05, 0.1) is 6.33 Å². The van der Waals surface area contributed by atoms with E-state index in [-0.39, 0.29) is 5.82 Å². The topological polar surface area (TPSA) is 119 Å². The molecule has 2 heterocycles. The number of hydrogen-bond donors (Lipinski definition) is 4. The Morgan fingerprint density at radius 2 is 2.25 bits per heavy atom. The third-order valence-corrected chi connectivity index (χ3v) is 1.95. The zero-order valence-corrected chi connectivity index (χ0v) is 8.28. The predicted molar refractivity (Wildman–Crippen MR) is 56.3 cm³/mol. The normalized spacial score (nSPS) is 10.2. The highest BCUT2D eigenvalue weighted by molar-refractivity contribution is 5.28. The number of nitrogens with zero attached hydrogens (tertiary/aromatic N) is 2. The van der Waals surface area contributed by atoms with Gasteiger partial charge in [-0.3, -0.25) is 9.78 Å². The summed E-state index contributed by atoms with van der Waals surface area (Å²) in [5.74, 6) is 0.0964. The monoisotopic (exact) mass is 222 g/mol. The molecule has 0 aliphatic heterocycles. The van der Waals surface area contributed by atoms with Crippen molar-refractivity contribution in [1.29, 1.82) is 0 Å². The first kappa shape index (κ1) is 10.1. The molecule has 8 heteroatoms. The van der Waals surface area contributed by atoms with Crippen molar-refractivity contribution in [3.8, 4) is 0 Å². The van der Waals surface area contributed by atoms with Crippen LogP contribution < -0.4 is 16.6 Å². The maximum Gasteiger partial charge on any atom is 0.342 e. The van der Waals surface area contributed by atoms with E-state index in [4.69, 9.17) is 0 Å². The van der Waals surface area contributed by atoms with Crippen molar-refractivity contribution in [2.75, 3.05) is 11.9 Å². The second-order valence-electron chi connectivity index (χ2n) is 3.11. The molecule has 0 aliphatic rings. The molecule has 2 rings (SSSR count). The molecule has 0 spiro atoms. The molecule has 2 aromatic rings. The average molecular weight is 222 g/mol. The Morgan fingerprint density at radius 3 is 2.94 bits per heavy atom. The second-order valence-corrected chi connectivity index (χ2v) is 3.11. The van der Waals surface area contributed by atoms with Crippen LogP contribution >= 0.6 is 0 Å². The van der Waals surface area contributed by atoms with Gasteiger partial charge in [-0.15, -0.1) is 5.10 Å². The van der Waals surface area contributed by atoms with Gasteiger partial charge < -0.3 is 10.3 Å². The lowest BCUT2D eigenvalue weighted by Crippen LogP contribution is -2.27. The van der Waals surface area contributed by atoms with Crippen LogP contribution in [0, 0.1) is 0 Å². The minimum Gasteiger partial charge on any atom is -0.364 e. The summed E-state index contributed by atoms with van der Waals surface area (Å²) in [4.78, 5) is 30.8. The Hall–Kier alpha value is -2.38. The van der Waals surface area contributed by atoms with E-state index in [9.17, 15) is 9.59 Å². The highest BCUT2D eigenvalue weighted by Crippen LogP contribution is 1.93. The number of anilines is 1. The van der Waals surface area contributed by atoms with E-state index in [1.807, 2.05) is 0 Å². The molecule has 0 radical (unpaired) electrons. The Bertz CT molecular complexity index is 554. The van der Waals surface area contributed by atoms with E-state index in [2.05, 4.69) is 30.5 Å². The lowest BCUT2D eigenvalue weighted by atomic mass is 10.3. The summed E-state index contributed by atoms with van der Waals surface area (Å²) in [5, 5.41) is 8.52. The fourth-order valence-corrected chi connectivity index (χ4v) is 1.20. The number of imidazole rings is 1. The fourth-order valence-electron chi connectivity index (χ4n) is 1.20. The van der Waals surface area contributed by atoms with Gasteiger partial charge in [0.1, 0.15) is 0 Å². The molecule has 84 valence electrons. The molecule has 0 atom stereocenters. The molecule has 2 aromatic heterocycles. The number of rotatable bonds is 4. The summed E-state index contributed by atoms with van der Waals surface area (Å²) in [5.41, 5.74) is -0.203. The zero-order chi connectivity index (χ0) is 11.4. The quantitative estimate of drug-likeness (QED) is 0.520. The van der Waals surface area contributed by atoms with Crippen LogP contribution in [-0.4, -0.2) is 31.7 Å². The van der Waals surface area contributed by atoms with E-state index in [1.165, 1.54) is 0 Å². The van der Waals surface area contributed by atoms with E-state index in [0.717, 1.165) is 5.69 Å². The molecule has 4 N–H and O–H groups in total. The molecule has 0 aliphatic carbocycles. The SMILES string of the molecule is O=c1[nH]nc(NCCc2cnc[nH]2)c(=O)[nH]1. The maximum absolute atomic E-state index is 11.2. The summed E-state index contributed by atoms with van der Waals surface area (Å²) in [6, 6.07) is 0. The first-order valence-electron chi connectivity index (χ1n) is 4.66. The van der Waals surface area contributed by atoms with Crippen molar-refractivity contribution in [3.63, 3.8) is 0 Å². The molecule has 0 aromatic carbocycles. The largest absolute Gasteiger partial charge is 0.364 e. The van der Waals surface area contributed by atoms with Crippen molar-refractivity contribution in [3.05, 3.63) is 39.1 Å². The van der Waals surface area contributed by atoms with Gasteiger partial charge in [0.2, 0.25) is 5.82 Å². The van der Waals surface area contributed by atoms with E-state index in [1.54, 1.807) is 12.5 Å². The molecule has 0 saturated heterocycles. The third kappa shape index (κ3) is 2.35. The predicted octanol–water partition coefficient (Wildman–Crippen LogP) is -1.16.